The molecule has 0 bridgehead atoms. The van der Waals surface area contributed by atoms with Crippen molar-refractivity contribution in [1.82, 2.24) is 9.55 Å². The molecule has 0 radical (unpaired) electrons. The highest BCUT2D eigenvalue weighted by Gasteiger charge is 1.99. The molecule has 2 aromatic rings. The van der Waals surface area contributed by atoms with Crippen LogP contribution in [-0.4, -0.2) is 9.55 Å². The van der Waals surface area contributed by atoms with Crippen LogP contribution < -0.4 is 0 Å². The van der Waals surface area contributed by atoms with Crippen LogP contribution in [0.2, 0.25) is 0 Å². The Hall–Kier alpha value is -0.960. The van der Waals surface area contributed by atoms with E-state index in [1.807, 2.05) is 10.9 Å². The van der Waals surface area contributed by atoms with Gasteiger partial charge in [0.2, 0.25) is 0 Å². The van der Waals surface area contributed by atoms with Crippen LogP contribution >= 0.6 is 12.6 Å². The van der Waals surface area contributed by atoms with Gasteiger partial charge in [0.1, 0.15) is 0 Å². The summed E-state index contributed by atoms with van der Waals surface area (Å²) in [5.41, 5.74) is 3.44. The molecule has 62 valence electrons. The van der Waals surface area contributed by atoms with Crippen molar-refractivity contribution in [2.45, 2.75) is 12.8 Å². The van der Waals surface area contributed by atoms with Crippen molar-refractivity contribution in [3.63, 3.8) is 0 Å². The molecule has 0 aliphatic carbocycles. The standard InChI is InChI=1S/C9H10N2S/c1-7-2-3-9-8(4-7)10-5-11(9)6-12/h2-5,12H,6H2,1H3. The number of benzene rings is 1. The summed E-state index contributed by atoms with van der Waals surface area (Å²) in [6.45, 7) is 2.07. The van der Waals surface area contributed by atoms with E-state index in [0.717, 1.165) is 11.0 Å². The predicted octanol–water partition coefficient (Wildman–Crippen LogP) is 2.23. The molecule has 2 nitrogen and oxygen atoms in total. The van der Waals surface area contributed by atoms with Crippen molar-refractivity contribution in [3.05, 3.63) is 30.1 Å². The lowest BCUT2D eigenvalue weighted by Crippen LogP contribution is -1.87. The molecule has 0 aliphatic rings. The zero-order chi connectivity index (χ0) is 8.55. The number of nitrogens with zero attached hydrogens (tertiary/aromatic N) is 2. The maximum atomic E-state index is 4.26. The van der Waals surface area contributed by atoms with Gasteiger partial charge in [-0.15, -0.1) is 0 Å². The molecule has 0 fully saturated rings. The van der Waals surface area contributed by atoms with Crippen LogP contribution in [0.4, 0.5) is 0 Å². The SMILES string of the molecule is Cc1ccc2c(c1)ncn2CS. The number of hydrogen-bond acceptors (Lipinski definition) is 2. The third-order valence-corrected chi connectivity index (χ3v) is 2.23. The number of imidazole rings is 1. The van der Waals surface area contributed by atoms with Crippen LogP contribution in [-0.2, 0) is 5.88 Å². The Kier molecular flexibility index (Phi) is 1.81. The summed E-state index contributed by atoms with van der Waals surface area (Å²) in [6, 6.07) is 6.24. The van der Waals surface area contributed by atoms with E-state index in [9.17, 15) is 0 Å². The van der Waals surface area contributed by atoms with Gasteiger partial charge >= 0.3 is 0 Å². The van der Waals surface area contributed by atoms with E-state index in [1.54, 1.807) is 0 Å². The van der Waals surface area contributed by atoms with E-state index in [4.69, 9.17) is 0 Å². The van der Waals surface area contributed by atoms with Crippen molar-refractivity contribution in [2.24, 2.45) is 0 Å². The van der Waals surface area contributed by atoms with Gasteiger partial charge < -0.3 is 4.57 Å². The Morgan fingerprint density at radius 1 is 1.50 bits per heavy atom. The number of aryl methyl sites for hydroxylation is 1. The topological polar surface area (TPSA) is 17.8 Å². The Bertz CT molecular complexity index is 406. The predicted molar refractivity (Wildman–Crippen MR) is 53.5 cm³/mol. The van der Waals surface area contributed by atoms with Gasteiger partial charge in [-0.1, -0.05) is 6.07 Å². The highest BCUT2D eigenvalue weighted by Crippen LogP contribution is 2.14. The molecule has 1 aromatic carbocycles. The minimum absolute atomic E-state index is 0.680. The molecule has 1 aromatic heterocycles. The lowest BCUT2D eigenvalue weighted by Gasteiger charge is -1.97. The fourth-order valence-electron chi connectivity index (χ4n) is 1.29. The molecular weight excluding hydrogens is 168 g/mol. The largest absolute Gasteiger partial charge is 0.321 e. The molecule has 2 rings (SSSR count). The molecule has 0 N–H and O–H groups in total. The maximum Gasteiger partial charge on any atom is 0.0965 e. The number of fused-ring (bicyclic) bond motifs is 1. The Morgan fingerprint density at radius 2 is 2.33 bits per heavy atom. The molecule has 0 atom stereocenters. The van der Waals surface area contributed by atoms with E-state index in [2.05, 4.69) is 42.7 Å². The second-order valence-corrected chi connectivity index (χ2v) is 3.13. The summed E-state index contributed by atoms with van der Waals surface area (Å²) in [7, 11) is 0. The van der Waals surface area contributed by atoms with Crippen molar-refractivity contribution in [1.29, 1.82) is 0 Å². The van der Waals surface area contributed by atoms with Gasteiger partial charge in [0.25, 0.3) is 0 Å². The first kappa shape index (κ1) is 7.68. The van der Waals surface area contributed by atoms with Crippen LogP contribution in [0.5, 0.6) is 0 Å². The molecular formula is C9H10N2S. The number of aromatic nitrogens is 2. The van der Waals surface area contributed by atoms with Gasteiger partial charge in [-0.2, -0.15) is 12.6 Å². The van der Waals surface area contributed by atoms with Gasteiger partial charge in [-0.25, -0.2) is 4.98 Å². The van der Waals surface area contributed by atoms with Crippen molar-refractivity contribution in [2.75, 3.05) is 0 Å². The minimum Gasteiger partial charge on any atom is -0.321 e. The highest BCUT2D eigenvalue weighted by molar-refractivity contribution is 7.79. The minimum atomic E-state index is 0.680. The zero-order valence-corrected chi connectivity index (χ0v) is 7.75. The van der Waals surface area contributed by atoms with E-state index < -0.39 is 0 Å². The lowest BCUT2D eigenvalue weighted by molar-refractivity contribution is 0.928. The highest BCUT2D eigenvalue weighted by atomic mass is 32.1. The molecule has 0 unspecified atom stereocenters. The molecule has 0 aliphatic heterocycles. The van der Waals surface area contributed by atoms with Crippen LogP contribution in [0.25, 0.3) is 11.0 Å². The normalized spacial score (nSPS) is 10.8. The van der Waals surface area contributed by atoms with Crippen LogP contribution in [0.1, 0.15) is 5.56 Å². The average molecular weight is 178 g/mol. The van der Waals surface area contributed by atoms with E-state index in [0.29, 0.717) is 5.88 Å². The van der Waals surface area contributed by atoms with Gasteiger partial charge in [0.05, 0.1) is 23.2 Å². The van der Waals surface area contributed by atoms with Gasteiger partial charge in [-0.3, -0.25) is 0 Å². The molecule has 3 heteroatoms. The summed E-state index contributed by atoms with van der Waals surface area (Å²) < 4.78 is 2.01. The third-order valence-electron chi connectivity index (χ3n) is 1.93. The quantitative estimate of drug-likeness (QED) is 0.663. The van der Waals surface area contributed by atoms with E-state index in [-0.39, 0.29) is 0 Å². The Labute approximate surface area is 76.6 Å². The molecule has 0 saturated heterocycles. The fraction of sp³-hybridized carbons (Fsp3) is 0.222. The summed E-state index contributed by atoms with van der Waals surface area (Å²) in [4.78, 5) is 4.26. The summed E-state index contributed by atoms with van der Waals surface area (Å²) in [5.74, 6) is 0.680. The summed E-state index contributed by atoms with van der Waals surface area (Å²) >= 11 is 4.20. The van der Waals surface area contributed by atoms with E-state index >= 15 is 0 Å². The van der Waals surface area contributed by atoms with Crippen LogP contribution in [0, 0.1) is 6.92 Å². The molecule has 12 heavy (non-hydrogen) atoms. The smallest absolute Gasteiger partial charge is 0.0965 e. The van der Waals surface area contributed by atoms with Crippen molar-refractivity contribution >= 4 is 23.7 Å². The van der Waals surface area contributed by atoms with E-state index in [1.165, 1.54) is 5.56 Å². The van der Waals surface area contributed by atoms with Crippen molar-refractivity contribution in [3.8, 4) is 0 Å². The Balaban J connectivity index is 2.73. The second kappa shape index (κ2) is 2.83. The molecule has 0 spiro atoms. The first-order valence-corrected chi connectivity index (χ1v) is 4.47. The third kappa shape index (κ3) is 1.10. The Morgan fingerprint density at radius 3 is 3.08 bits per heavy atom. The number of hydrogen-bond donors (Lipinski definition) is 1. The monoisotopic (exact) mass is 178 g/mol. The second-order valence-electron chi connectivity index (χ2n) is 2.85. The number of thiol groups is 1. The van der Waals surface area contributed by atoms with Gasteiger partial charge in [0, 0.05) is 0 Å². The maximum absolute atomic E-state index is 4.26. The number of rotatable bonds is 1. The lowest BCUT2D eigenvalue weighted by atomic mass is 10.2. The van der Waals surface area contributed by atoms with Gasteiger partial charge in [0.15, 0.2) is 0 Å². The first-order valence-electron chi connectivity index (χ1n) is 3.83. The average Bonchev–Trinajstić information content (AvgIpc) is 2.46. The van der Waals surface area contributed by atoms with Gasteiger partial charge in [-0.05, 0) is 24.6 Å². The zero-order valence-electron chi connectivity index (χ0n) is 6.86. The first-order chi connectivity index (χ1) is 5.81. The fourth-order valence-corrected chi connectivity index (χ4v) is 1.51. The molecule has 1 heterocycles. The van der Waals surface area contributed by atoms with Crippen LogP contribution in [0.15, 0.2) is 24.5 Å². The van der Waals surface area contributed by atoms with Crippen LogP contribution in [0.3, 0.4) is 0 Å². The van der Waals surface area contributed by atoms with Crippen molar-refractivity contribution < 1.29 is 0 Å². The molecule has 0 saturated carbocycles. The summed E-state index contributed by atoms with van der Waals surface area (Å²) in [5, 5.41) is 0. The molecule has 0 amide bonds. The summed E-state index contributed by atoms with van der Waals surface area (Å²) in [6.07, 6.45) is 1.82.